The predicted molar refractivity (Wildman–Crippen MR) is 151 cm³/mol. The van der Waals surface area contributed by atoms with Crippen LogP contribution in [-0.2, 0) is 19.1 Å². The molecule has 0 radical (unpaired) electrons. The van der Waals surface area contributed by atoms with Crippen molar-refractivity contribution in [3.63, 3.8) is 0 Å². The van der Waals surface area contributed by atoms with Gasteiger partial charge in [0.05, 0.1) is 28.1 Å². The number of amides is 3. The Kier molecular flexibility index (Phi) is 8.88. The first kappa shape index (κ1) is 29.3. The summed E-state index contributed by atoms with van der Waals surface area (Å²) in [4.78, 5) is 47.3. The average molecular weight is 558 g/mol. The molecular formula is C30H40ClN3O5. The monoisotopic (exact) mass is 557 g/mol. The van der Waals surface area contributed by atoms with Crippen LogP contribution < -0.4 is 4.90 Å². The zero-order chi connectivity index (χ0) is 28.4. The molecule has 1 spiro atoms. The first-order valence-electron chi connectivity index (χ1n) is 13.8. The van der Waals surface area contributed by atoms with Gasteiger partial charge in [0.2, 0.25) is 11.8 Å². The molecule has 2 unspecified atom stereocenters. The minimum absolute atomic E-state index is 0.123. The Bertz CT molecular complexity index is 1130. The Balaban J connectivity index is 1.75. The molecule has 5 atom stereocenters. The summed E-state index contributed by atoms with van der Waals surface area (Å²) in [5.41, 5.74) is -1.41. The van der Waals surface area contributed by atoms with E-state index in [0.29, 0.717) is 49.5 Å². The Labute approximate surface area is 236 Å². The molecule has 0 aliphatic carbocycles. The molecule has 4 rings (SSSR count). The third kappa shape index (κ3) is 5.03. The Morgan fingerprint density at radius 1 is 1.13 bits per heavy atom. The average Bonchev–Trinajstić information content (AvgIpc) is 3.48. The summed E-state index contributed by atoms with van der Waals surface area (Å²) < 4.78 is 6.73. The number of aliphatic hydroxyl groups excluding tert-OH is 1. The van der Waals surface area contributed by atoms with Crippen LogP contribution >= 0.6 is 11.6 Å². The van der Waals surface area contributed by atoms with Gasteiger partial charge >= 0.3 is 0 Å². The number of anilines is 1. The molecule has 3 aliphatic rings. The predicted octanol–water partition coefficient (Wildman–Crippen LogP) is 3.82. The van der Waals surface area contributed by atoms with Gasteiger partial charge in [-0.2, -0.15) is 0 Å². The number of aliphatic hydroxyl groups is 1. The number of carbonyl (C=O) groups excluding carboxylic acids is 3. The van der Waals surface area contributed by atoms with Gasteiger partial charge in [-0.1, -0.05) is 48.7 Å². The van der Waals surface area contributed by atoms with E-state index < -0.39 is 29.1 Å². The molecule has 0 aromatic heterocycles. The summed E-state index contributed by atoms with van der Waals surface area (Å²) in [7, 11) is 1.70. The van der Waals surface area contributed by atoms with E-state index in [0.717, 1.165) is 12.8 Å². The highest BCUT2D eigenvalue weighted by atomic mass is 35.5. The standard InChI is InChI=1S/C30H40ClN3O5/c1-5-17-32(4)26(36)23-24-27(37)34(19-11-7-8-12-20-35)25(30(24)16-15-29(23,3)39-30)28(38)33(18-6-2)22-14-10-9-13-21(22)31/h5-6,9-10,13-14,23-25,35H,1-2,7-8,11-12,15-20H2,3-4H3/t23-,24+,25?,29+,30?/m1/s1. The summed E-state index contributed by atoms with van der Waals surface area (Å²) in [6.45, 7) is 10.5. The smallest absolute Gasteiger partial charge is 0.253 e. The lowest BCUT2D eigenvalue weighted by Gasteiger charge is -2.37. The fourth-order valence-corrected chi connectivity index (χ4v) is 7.08. The van der Waals surface area contributed by atoms with Crippen molar-refractivity contribution >= 4 is 35.0 Å². The summed E-state index contributed by atoms with van der Waals surface area (Å²) in [6, 6.07) is 6.22. The second-order valence-corrected chi connectivity index (χ2v) is 11.5. The van der Waals surface area contributed by atoms with Crippen molar-refractivity contribution in [3.05, 3.63) is 54.6 Å². The molecule has 8 nitrogen and oxygen atoms in total. The molecule has 1 N–H and O–H groups in total. The van der Waals surface area contributed by atoms with Crippen molar-refractivity contribution in [3.8, 4) is 0 Å². The van der Waals surface area contributed by atoms with E-state index in [-0.39, 0.29) is 30.9 Å². The number of benzene rings is 1. The zero-order valence-electron chi connectivity index (χ0n) is 23.0. The third-order valence-corrected chi connectivity index (χ3v) is 8.90. The van der Waals surface area contributed by atoms with Gasteiger partial charge in [0, 0.05) is 33.3 Å². The van der Waals surface area contributed by atoms with E-state index in [1.165, 1.54) is 0 Å². The molecule has 2 bridgehead atoms. The van der Waals surface area contributed by atoms with Gasteiger partial charge in [-0.05, 0) is 44.7 Å². The van der Waals surface area contributed by atoms with Crippen molar-refractivity contribution in [1.29, 1.82) is 0 Å². The van der Waals surface area contributed by atoms with Crippen molar-refractivity contribution in [2.24, 2.45) is 11.8 Å². The summed E-state index contributed by atoms with van der Waals surface area (Å²) in [6.07, 6.45) is 7.39. The van der Waals surface area contributed by atoms with Crippen LogP contribution in [0, 0.1) is 11.8 Å². The quantitative estimate of drug-likeness (QED) is 0.294. The highest BCUT2D eigenvalue weighted by Crippen LogP contribution is 2.63. The highest BCUT2D eigenvalue weighted by Gasteiger charge is 2.78. The number of halogens is 1. The first-order chi connectivity index (χ1) is 18.7. The second-order valence-electron chi connectivity index (χ2n) is 11.1. The highest BCUT2D eigenvalue weighted by molar-refractivity contribution is 6.34. The normalized spacial score (nSPS) is 28.9. The van der Waals surface area contributed by atoms with Crippen LogP contribution in [0.15, 0.2) is 49.6 Å². The largest absolute Gasteiger partial charge is 0.396 e. The molecule has 1 aromatic rings. The maximum absolute atomic E-state index is 14.5. The van der Waals surface area contributed by atoms with Gasteiger partial charge in [0.15, 0.2) is 0 Å². The van der Waals surface area contributed by atoms with Gasteiger partial charge in [0.1, 0.15) is 11.6 Å². The van der Waals surface area contributed by atoms with E-state index >= 15 is 0 Å². The van der Waals surface area contributed by atoms with Crippen molar-refractivity contribution in [2.45, 2.75) is 62.7 Å². The molecule has 3 aliphatic heterocycles. The number of para-hydroxylation sites is 1. The number of hydrogen-bond acceptors (Lipinski definition) is 5. The molecule has 212 valence electrons. The van der Waals surface area contributed by atoms with Crippen LogP contribution in [0.3, 0.4) is 0 Å². The van der Waals surface area contributed by atoms with E-state index in [1.807, 2.05) is 13.0 Å². The van der Waals surface area contributed by atoms with Crippen LogP contribution in [0.25, 0.3) is 0 Å². The van der Waals surface area contributed by atoms with Gasteiger partial charge in [-0.25, -0.2) is 0 Å². The summed E-state index contributed by atoms with van der Waals surface area (Å²) >= 11 is 6.52. The summed E-state index contributed by atoms with van der Waals surface area (Å²) in [5.74, 6) is -2.10. The van der Waals surface area contributed by atoms with Crippen LogP contribution in [0.5, 0.6) is 0 Å². The first-order valence-corrected chi connectivity index (χ1v) is 14.2. The molecule has 0 saturated carbocycles. The number of unbranched alkanes of at least 4 members (excludes halogenated alkanes) is 3. The topological polar surface area (TPSA) is 90.4 Å². The fraction of sp³-hybridized carbons (Fsp3) is 0.567. The van der Waals surface area contributed by atoms with Gasteiger partial charge in [0.25, 0.3) is 5.91 Å². The fourth-order valence-electron chi connectivity index (χ4n) is 6.84. The number of fused-ring (bicyclic) bond motifs is 1. The van der Waals surface area contributed by atoms with E-state index in [9.17, 15) is 14.4 Å². The lowest BCUT2D eigenvalue weighted by atomic mass is 9.66. The van der Waals surface area contributed by atoms with Crippen molar-refractivity contribution in [1.82, 2.24) is 9.80 Å². The molecule has 3 saturated heterocycles. The lowest BCUT2D eigenvalue weighted by Crippen LogP contribution is -2.56. The lowest BCUT2D eigenvalue weighted by molar-refractivity contribution is -0.149. The molecule has 1 aromatic carbocycles. The molecule has 3 heterocycles. The second kappa shape index (κ2) is 11.8. The SMILES string of the molecule is C=CCN(C)C(=O)[C@H]1[C@H]2C(=O)N(CCCCCCO)C(C(=O)N(CC=C)c3ccccc3Cl)C23CC[C@]1(C)O3. The van der Waals surface area contributed by atoms with E-state index in [4.69, 9.17) is 21.4 Å². The summed E-state index contributed by atoms with van der Waals surface area (Å²) in [5, 5.41) is 9.57. The van der Waals surface area contributed by atoms with E-state index in [1.54, 1.807) is 52.1 Å². The molecule has 3 amide bonds. The molecule has 3 fully saturated rings. The number of likely N-dealkylation sites (N-methyl/N-ethyl adjacent to an activating group) is 1. The molecule has 9 heteroatoms. The number of hydrogen-bond donors (Lipinski definition) is 1. The number of carbonyl (C=O) groups is 3. The van der Waals surface area contributed by atoms with E-state index in [2.05, 4.69) is 13.2 Å². The van der Waals surface area contributed by atoms with Crippen molar-refractivity contribution in [2.75, 3.05) is 38.2 Å². The number of likely N-dealkylation sites (tertiary alicyclic amines) is 1. The zero-order valence-corrected chi connectivity index (χ0v) is 23.7. The van der Waals surface area contributed by atoms with Crippen LogP contribution in [0.2, 0.25) is 5.02 Å². The van der Waals surface area contributed by atoms with Crippen LogP contribution in [-0.4, -0.2) is 83.2 Å². The van der Waals surface area contributed by atoms with Crippen LogP contribution in [0.4, 0.5) is 5.69 Å². The minimum Gasteiger partial charge on any atom is -0.396 e. The number of ether oxygens (including phenoxy) is 1. The Morgan fingerprint density at radius 3 is 2.49 bits per heavy atom. The van der Waals surface area contributed by atoms with Crippen molar-refractivity contribution < 1.29 is 24.2 Å². The van der Waals surface area contributed by atoms with Crippen LogP contribution in [0.1, 0.15) is 45.4 Å². The number of rotatable bonds is 13. The molecule has 39 heavy (non-hydrogen) atoms. The minimum atomic E-state index is -1.11. The Hall–Kier alpha value is -2.68. The van der Waals surface area contributed by atoms with Gasteiger partial charge in [-0.3, -0.25) is 14.4 Å². The third-order valence-electron chi connectivity index (χ3n) is 8.58. The van der Waals surface area contributed by atoms with Gasteiger partial charge < -0.3 is 24.5 Å². The molecular weight excluding hydrogens is 518 g/mol. The Morgan fingerprint density at radius 2 is 1.82 bits per heavy atom. The number of nitrogens with zero attached hydrogens (tertiary/aromatic N) is 3. The maximum Gasteiger partial charge on any atom is 0.253 e. The maximum atomic E-state index is 14.5. The van der Waals surface area contributed by atoms with Gasteiger partial charge in [-0.15, -0.1) is 13.2 Å².